The number of halogens is 1. The number of aromatic nitrogens is 1. The third-order valence-corrected chi connectivity index (χ3v) is 3.06. The Labute approximate surface area is 112 Å². The van der Waals surface area contributed by atoms with Gasteiger partial charge in [-0.25, -0.2) is 0 Å². The minimum atomic E-state index is -0.413. The number of pyridine rings is 1. The highest BCUT2D eigenvalue weighted by molar-refractivity contribution is 9.08. The number of carbonyl (C=O) groups is 1. The van der Waals surface area contributed by atoms with Gasteiger partial charge in [-0.1, -0.05) is 28.1 Å². The zero-order valence-corrected chi connectivity index (χ0v) is 11.0. The Morgan fingerprint density at radius 3 is 2.89 bits per heavy atom. The maximum Gasteiger partial charge on any atom is 0.261 e. The SMILES string of the molecule is O=C(Nc1cccc(CBr)c1)c1c[nH]ccc1=O. The molecule has 0 bridgehead atoms. The zero-order chi connectivity index (χ0) is 13.0. The zero-order valence-electron chi connectivity index (χ0n) is 9.44. The van der Waals surface area contributed by atoms with Crippen LogP contribution in [0.3, 0.4) is 0 Å². The van der Waals surface area contributed by atoms with Crippen molar-refractivity contribution >= 4 is 27.5 Å². The van der Waals surface area contributed by atoms with E-state index in [0.29, 0.717) is 11.0 Å². The van der Waals surface area contributed by atoms with E-state index in [1.54, 1.807) is 6.07 Å². The largest absolute Gasteiger partial charge is 0.367 e. The van der Waals surface area contributed by atoms with Gasteiger partial charge in [-0.2, -0.15) is 0 Å². The van der Waals surface area contributed by atoms with Crippen molar-refractivity contribution in [2.45, 2.75) is 5.33 Å². The second kappa shape index (κ2) is 5.64. The molecular weight excluding hydrogens is 296 g/mol. The van der Waals surface area contributed by atoms with Crippen molar-refractivity contribution in [3.8, 4) is 0 Å². The second-order valence-corrected chi connectivity index (χ2v) is 4.27. The van der Waals surface area contributed by atoms with Crippen molar-refractivity contribution in [2.24, 2.45) is 0 Å². The van der Waals surface area contributed by atoms with Gasteiger partial charge in [0.15, 0.2) is 5.43 Å². The van der Waals surface area contributed by atoms with Crippen LogP contribution in [0.5, 0.6) is 0 Å². The van der Waals surface area contributed by atoms with E-state index >= 15 is 0 Å². The predicted molar refractivity (Wildman–Crippen MR) is 74.1 cm³/mol. The summed E-state index contributed by atoms with van der Waals surface area (Å²) in [5.41, 5.74) is 1.51. The number of carbonyl (C=O) groups excluding carboxylic acids is 1. The molecule has 0 fully saturated rings. The third kappa shape index (κ3) is 2.87. The van der Waals surface area contributed by atoms with E-state index in [1.807, 2.05) is 18.2 Å². The quantitative estimate of drug-likeness (QED) is 0.856. The number of hydrogen-bond donors (Lipinski definition) is 2. The summed E-state index contributed by atoms with van der Waals surface area (Å²) in [7, 11) is 0. The maximum atomic E-state index is 11.9. The molecule has 0 unspecified atom stereocenters. The van der Waals surface area contributed by atoms with E-state index in [2.05, 4.69) is 26.2 Å². The Hall–Kier alpha value is -1.88. The number of amides is 1. The molecule has 0 saturated carbocycles. The minimum absolute atomic E-state index is 0.0988. The van der Waals surface area contributed by atoms with Gasteiger partial charge in [-0.15, -0.1) is 0 Å². The molecule has 1 heterocycles. The lowest BCUT2D eigenvalue weighted by Crippen LogP contribution is -2.20. The van der Waals surface area contributed by atoms with Gasteiger partial charge >= 0.3 is 0 Å². The van der Waals surface area contributed by atoms with Crippen LogP contribution in [0.2, 0.25) is 0 Å². The summed E-state index contributed by atoms with van der Waals surface area (Å²) in [6, 6.07) is 8.75. The van der Waals surface area contributed by atoms with E-state index < -0.39 is 5.91 Å². The van der Waals surface area contributed by atoms with Gasteiger partial charge in [-0.3, -0.25) is 9.59 Å². The molecule has 5 heteroatoms. The van der Waals surface area contributed by atoms with Crippen molar-refractivity contribution in [1.29, 1.82) is 0 Å². The molecule has 0 aliphatic heterocycles. The summed E-state index contributed by atoms with van der Waals surface area (Å²) in [5, 5.41) is 3.40. The summed E-state index contributed by atoms with van der Waals surface area (Å²) < 4.78 is 0. The Morgan fingerprint density at radius 2 is 2.17 bits per heavy atom. The van der Waals surface area contributed by atoms with Crippen molar-refractivity contribution in [3.05, 3.63) is 64.1 Å². The second-order valence-electron chi connectivity index (χ2n) is 3.71. The lowest BCUT2D eigenvalue weighted by molar-refractivity contribution is 0.102. The fourth-order valence-corrected chi connectivity index (χ4v) is 1.87. The number of H-pyrrole nitrogens is 1. The number of aromatic amines is 1. The molecular formula is C13H11BrN2O2. The van der Waals surface area contributed by atoms with Gasteiger partial charge in [-0.05, 0) is 17.7 Å². The fraction of sp³-hybridized carbons (Fsp3) is 0.0769. The first-order valence-corrected chi connectivity index (χ1v) is 6.46. The molecule has 2 rings (SSSR count). The number of benzene rings is 1. The third-order valence-electron chi connectivity index (χ3n) is 2.41. The van der Waals surface area contributed by atoms with Crippen molar-refractivity contribution in [3.63, 3.8) is 0 Å². The van der Waals surface area contributed by atoms with Gasteiger partial charge in [0.25, 0.3) is 5.91 Å². The van der Waals surface area contributed by atoms with E-state index in [9.17, 15) is 9.59 Å². The first kappa shape index (κ1) is 12.6. The van der Waals surface area contributed by atoms with E-state index in [4.69, 9.17) is 0 Å². The fourth-order valence-electron chi connectivity index (χ4n) is 1.52. The highest BCUT2D eigenvalue weighted by atomic mass is 79.9. The highest BCUT2D eigenvalue weighted by Crippen LogP contribution is 2.13. The number of alkyl halides is 1. The van der Waals surface area contributed by atoms with Crippen LogP contribution in [-0.2, 0) is 5.33 Å². The van der Waals surface area contributed by atoms with Crippen molar-refractivity contribution in [2.75, 3.05) is 5.32 Å². The molecule has 18 heavy (non-hydrogen) atoms. The van der Waals surface area contributed by atoms with Crippen LogP contribution in [0.25, 0.3) is 0 Å². The molecule has 1 aromatic heterocycles. The summed E-state index contributed by atoms with van der Waals surface area (Å²) in [6.45, 7) is 0. The molecule has 0 radical (unpaired) electrons. The average molecular weight is 307 g/mol. The number of hydrogen-bond acceptors (Lipinski definition) is 2. The Kier molecular flexibility index (Phi) is 3.94. The monoisotopic (exact) mass is 306 g/mol. The number of nitrogens with one attached hydrogen (secondary N) is 2. The average Bonchev–Trinajstić information content (AvgIpc) is 2.39. The Bertz CT molecular complexity index is 622. The molecule has 2 aromatic rings. The van der Waals surface area contributed by atoms with Gasteiger partial charge in [0.2, 0.25) is 0 Å². The van der Waals surface area contributed by atoms with Crippen LogP contribution in [0.1, 0.15) is 15.9 Å². The highest BCUT2D eigenvalue weighted by Gasteiger charge is 2.09. The first-order valence-electron chi connectivity index (χ1n) is 5.34. The molecule has 1 aromatic carbocycles. The predicted octanol–water partition coefficient (Wildman–Crippen LogP) is 2.52. The van der Waals surface area contributed by atoms with Crippen LogP contribution >= 0.6 is 15.9 Å². The number of anilines is 1. The van der Waals surface area contributed by atoms with Crippen LogP contribution in [-0.4, -0.2) is 10.9 Å². The lowest BCUT2D eigenvalue weighted by Gasteiger charge is -2.05. The van der Waals surface area contributed by atoms with Crippen molar-refractivity contribution in [1.82, 2.24) is 4.98 Å². The molecule has 0 spiro atoms. The van der Waals surface area contributed by atoms with Crippen LogP contribution in [0, 0.1) is 0 Å². The molecule has 0 aliphatic rings. The standard InChI is InChI=1S/C13H11BrN2O2/c14-7-9-2-1-3-10(6-9)16-13(18)11-8-15-5-4-12(11)17/h1-6,8H,7H2,(H,15,17)(H,16,18). The van der Waals surface area contributed by atoms with E-state index in [1.165, 1.54) is 18.5 Å². The number of rotatable bonds is 3. The summed E-state index contributed by atoms with van der Waals surface area (Å²) in [6.07, 6.45) is 2.89. The molecule has 92 valence electrons. The minimum Gasteiger partial charge on any atom is -0.367 e. The van der Waals surface area contributed by atoms with Gasteiger partial charge in [0.1, 0.15) is 5.56 Å². The summed E-state index contributed by atoms with van der Waals surface area (Å²) >= 11 is 3.35. The van der Waals surface area contributed by atoms with E-state index in [-0.39, 0.29) is 11.0 Å². The first-order chi connectivity index (χ1) is 8.70. The van der Waals surface area contributed by atoms with Crippen LogP contribution in [0.15, 0.2) is 47.5 Å². The molecule has 0 aliphatic carbocycles. The maximum absolute atomic E-state index is 11.9. The lowest BCUT2D eigenvalue weighted by atomic mass is 10.2. The van der Waals surface area contributed by atoms with Crippen molar-refractivity contribution < 1.29 is 4.79 Å². The van der Waals surface area contributed by atoms with E-state index in [0.717, 1.165) is 5.56 Å². The Morgan fingerprint density at radius 1 is 1.33 bits per heavy atom. The summed E-state index contributed by atoms with van der Waals surface area (Å²) in [5.74, 6) is -0.413. The normalized spacial score (nSPS) is 10.1. The van der Waals surface area contributed by atoms with Crippen LogP contribution in [0.4, 0.5) is 5.69 Å². The Balaban J connectivity index is 2.21. The van der Waals surface area contributed by atoms with Gasteiger partial charge in [0, 0.05) is 29.5 Å². The molecule has 0 atom stereocenters. The topological polar surface area (TPSA) is 62.0 Å². The van der Waals surface area contributed by atoms with Crippen LogP contribution < -0.4 is 10.7 Å². The smallest absolute Gasteiger partial charge is 0.261 e. The molecule has 4 nitrogen and oxygen atoms in total. The molecule has 2 N–H and O–H groups in total. The molecule has 0 saturated heterocycles. The van der Waals surface area contributed by atoms with Gasteiger partial charge in [0.05, 0.1) is 0 Å². The summed E-state index contributed by atoms with van der Waals surface area (Å²) in [4.78, 5) is 26.1. The van der Waals surface area contributed by atoms with Gasteiger partial charge < -0.3 is 10.3 Å². The molecule has 1 amide bonds.